The number of nitrogens with two attached hydrogens (primary N) is 1. The van der Waals surface area contributed by atoms with Gasteiger partial charge in [-0.05, 0) is 18.1 Å². The van der Waals surface area contributed by atoms with Gasteiger partial charge in [0.1, 0.15) is 17.1 Å². The first kappa shape index (κ1) is 30.8. The van der Waals surface area contributed by atoms with Crippen molar-refractivity contribution in [2.24, 2.45) is 5.16 Å². The minimum atomic E-state index is -1.60. The lowest BCUT2D eigenvalue weighted by atomic mass is 10.0. The lowest BCUT2D eigenvalue weighted by molar-refractivity contribution is -0.741. The molecule has 3 atom stereocenters. The molecular formula is C27H27N7O8S2. The first-order valence-electron chi connectivity index (χ1n) is 13.4. The first-order chi connectivity index (χ1) is 21.1. The Labute approximate surface area is 258 Å². The number of aliphatic carboxylic acids is 1. The molecule has 0 aromatic carbocycles. The van der Waals surface area contributed by atoms with Crippen molar-refractivity contribution in [3.8, 4) is 0 Å². The summed E-state index contributed by atoms with van der Waals surface area (Å²) >= 11 is 2.22. The Balaban J connectivity index is 1.35. The number of β-lactam (4-membered cyclic amide) rings is 1. The number of oxime groups is 1. The lowest BCUT2D eigenvalue weighted by Gasteiger charge is -2.50. The second-order valence-electron chi connectivity index (χ2n) is 9.85. The van der Waals surface area contributed by atoms with Gasteiger partial charge in [-0.25, -0.2) is 9.78 Å². The van der Waals surface area contributed by atoms with Gasteiger partial charge < -0.3 is 30.9 Å². The quantitative estimate of drug-likeness (QED) is 0.0673. The Morgan fingerprint density at radius 3 is 2.70 bits per heavy atom. The van der Waals surface area contributed by atoms with E-state index in [1.54, 1.807) is 17.3 Å². The molecule has 3 amide bonds. The van der Waals surface area contributed by atoms with E-state index in [1.165, 1.54) is 23.2 Å². The summed E-state index contributed by atoms with van der Waals surface area (Å²) in [6, 6.07) is 4.35. The SMILES string of the molecule is CC(=O)O/N=C(\C(=O)N[C@@H]1C(=O)N2C(C(=O)[O-])=C(/C=C3\CCN(C(CCO)[n+]4ccccc4)C3=O)CS[C@H]12)c1csc(N)n1. The van der Waals surface area contributed by atoms with E-state index in [1.807, 2.05) is 22.8 Å². The van der Waals surface area contributed by atoms with Gasteiger partial charge in [0.15, 0.2) is 23.2 Å². The molecule has 2 aromatic heterocycles. The number of pyridine rings is 1. The third-order valence-corrected chi connectivity index (χ3v) is 9.03. The lowest BCUT2D eigenvalue weighted by Crippen LogP contribution is -2.71. The van der Waals surface area contributed by atoms with E-state index < -0.39 is 47.0 Å². The Morgan fingerprint density at radius 1 is 1.32 bits per heavy atom. The van der Waals surface area contributed by atoms with Crippen molar-refractivity contribution in [1.82, 2.24) is 20.1 Å². The number of hydrogen-bond donors (Lipinski definition) is 3. The summed E-state index contributed by atoms with van der Waals surface area (Å²) in [6.45, 7) is 1.31. The van der Waals surface area contributed by atoms with Crippen molar-refractivity contribution >= 4 is 63.6 Å². The molecule has 17 heteroatoms. The van der Waals surface area contributed by atoms with Crippen LogP contribution in [0.3, 0.4) is 0 Å². The smallest absolute Gasteiger partial charge is 0.332 e. The highest BCUT2D eigenvalue weighted by molar-refractivity contribution is 8.00. The van der Waals surface area contributed by atoms with Crippen molar-refractivity contribution in [3.05, 3.63) is 64.6 Å². The molecule has 5 heterocycles. The van der Waals surface area contributed by atoms with Crippen LogP contribution in [-0.4, -0.2) is 85.6 Å². The molecule has 3 aliphatic rings. The summed E-state index contributed by atoms with van der Waals surface area (Å²) in [7, 11) is 0. The van der Waals surface area contributed by atoms with Gasteiger partial charge in [0, 0.05) is 42.3 Å². The Kier molecular flexibility index (Phi) is 9.07. The van der Waals surface area contributed by atoms with Crippen LogP contribution in [0.15, 0.2) is 64.0 Å². The Hall–Kier alpha value is -4.61. The number of rotatable bonds is 10. The van der Waals surface area contributed by atoms with Crippen LogP contribution in [0.4, 0.5) is 5.13 Å². The number of carbonyl (C=O) groups is 5. The zero-order valence-corrected chi connectivity index (χ0v) is 24.9. The minimum Gasteiger partial charge on any atom is -0.543 e. The maximum atomic E-state index is 13.4. The van der Waals surface area contributed by atoms with Crippen LogP contribution >= 0.6 is 23.1 Å². The fourth-order valence-corrected chi connectivity index (χ4v) is 6.97. The van der Waals surface area contributed by atoms with Gasteiger partial charge in [-0.3, -0.25) is 24.2 Å². The van der Waals surface area contributed by atoms with Crippen LogP contribution in [0.25, 0.3) is 0 Å². The van der Waals surface area contributed by atoms with E-state index in [0.717, 1.165) is 23.2 Å². The third kappa shape index (κ3) is 6.06. The van der Waals surface area contributed by atoms with Gasteiger partial charge >= 0.3 is 5.97 Å². The average molecular weight is 642 g/mol. The molecule has 3 aliphatic heterocycles. The molecule has 4 N–H and O–H groups in total. The zero-order valence-electron chi connectivity index (χ0n) is 23.2. The molecule has 0 radical (unpaired) electrons. The maximum absolute atomic E-state index is 13.4. The molecule has 2 saturated heterocycles. The van der Waals surface area contributed by atoms with Gasteiger partial charge in [-0.1, -0.05) is 11.2 Å². The van der Waals surface area contributed by atoms with Gasteiger partial charge in [0.05, 0.1) is 24.7 Å². The van der Waals surface area contributed by atoms with Crippen molar-refractivity contribution < 1.29 is 43.6 Å². The summed E-state index contributed by atoms with van der Waals surface area (Å²) in [4.78, 5) is 74.4. The monoisotopic (exact) mass is 641 g/mol. The number of thiazole rings is 1. The van der Waals surface area contributed by atoms with Crippen LogP contribution in [0.5, 0.6) is 0 Å². The molecule has 1 unspecified atom stereocenters. The van der Waals surface area contributed by atoms with Crippen molar-refractivity contribution in [2.75, 3.05) is 24.6 Å². The number of carbonyl (C=O) groups excluding carboxylic acids is 5. The number of likely N-dealkylation sites (tertiary alicyclic amines) is 1. The number of aliphatic hydroxyl groups is 1. The molecule has 15 nitrogen and oxygen atoms in total. The number of nitrogens with one attached hydrogen (secondary N) is 1. The number of aliphatic hydroxyl groups excluding tert-OH is 1. The van der Waals surface area contributed by atoms with E-state index in [-0.39, 0.29) is 40.4 Å². The number of fused-ring (bicyclic) bond motifs is 1. The predicted octanol–water partition coefficient (Wildman–Crippen LogP) is -1.58. The molecule has 0 bridgehead atoms. The summed E-state index contributed by atoms with van der Waals surface area (Å²) in [5.74, 6) is -4.17. The maximum Gasteiger partial charge on any atom is 0.332 e. The van der Waals surface area contributed by atoms with Crippen molar-refractivity contribution in [3.63, 3.8) is 0 Å². The number of allylic oxidation sites excluding steroid dienone is 1. The highest BCUT2D eigenvalue weighted by Crippen LogP contribution is 2.41. The molecule has 2 aromatic rings. The standard InChI is InChI=1S/C27H27N7O8S2/c1-14(36)42-31-19(17-13-44-27(28)29-17)22(37)30-20-24(39)34-21(26(40)41)16(12-43-25(20)34)11-15-5-9-33(23(15)38)18(6-10-35)32-7-3-2-4-8-32/h2-4,7-8,11,13,18,20,25,35H,5-6,9-10,12H2,1H3,(H3-,28,29,30,37,40,41)/b15-11+,31-19-/t18?,20-,25-/m1/s1. The molecule has 0 aliphatic carbocycles. The molecular weight excluding hydrogens is 614 g/mol. The molecule has 230 valence electrons. The zero-order chi connectivity index (χ0) is 31.5. The van der Waals surface area contributed by atoms with Crippen LogP contribution in [0.1, 0.15) is 31.6 Å². The number of nitrogens with zero attached hydrogens (tertiary/aromatic N) is 5. The van der Waals surface area contributed by atoms with Crippen molar-refractivity contribution in [1.29, 1.82) is 0 Å². The summed E-state index contributed by atoms with van der Waals surface area (Å²) in [5.41, 5.74) is 5.50. The Morgan fingerprint density at radius 2 is 2.07 bits per heavy atom. The predicted molar refractivity (Wildman–Crippen MR) is 154 cm³/mol. The fraction of sp³-hybridized carbons (Fsp3) is 0.333. The minimum absolute atomic E-state index is 0.0255. The number of carboxylic acids is 1. The summed E-state index contributed by atoms with van der Waals surface area (Å²) < 4.78 is 1.82. The number of nitrogen functional groups attached to an aromatic ring is 1. The van der Waals surface area contributed by atoms with Gasteiger partial charge in [0.25, 0.3) is 17.7 Å². The number of anilines is 1. The fourth-order valence-electron chi connectivity index (χ4n) is 5.12. The largest absolute Gasteiger partial charge is 0.543 e. The van der Waals surface area contributed by atoms with E-state index in [4.69, 9.17) is 5.73 Å². The summed E-state index contributed by atoms with van der Waals surface area (Å²) in [6.07, 6.45) is 5.29. The number of amides is 3. The molecule has 0 spiro atoms. The summed E-state index contributed by atoms with van der Waals surface area (Å²) in [5, 5.41) is 28.7. The van der Waals surface area contributed by atoms with Crippen LogP contribution in [-0.2, 0) is 28.8 Å². The normalized spacial score (nSPS) is 21.7. The topological polar surface area (TPSA) is 212 Å². The van der Waals surface area contributed by atoms with Gasteiger partial charge in [0.2, 0.25) is 6.17 Å². The van der Waals surface area contributed by atoms with Gasteiger partial charge in [-0.15, -0.1) is 23.1 Å². The second kappa shape index (κ2) is 12.9. The first-order valence-corrected chi connectivity index (χ1v) is 15.3. The molecule has 0 saturated carbocycles. The highest BCUT2D eigenvalue weighted by atomic mass is 32.2. The Bertz CT molecular complexity index is 1610. The molecule has 44 heavy (non-hydrogen) atoms. The van der Waals surface area contributed by atoms with E-state index in [9.17, 15) is 34.2 Å². The highest BCUT2D eigenvalue weighted by Gasteiger charge is 2.53. The van der Waals surface area contributed by atoms with E-state index >= 15 is 0 Å². The molecule has 2 fully saturated rings. The second-order valence-corrected chi connectivity index (χ2v) is 11.8. The third-order valence-electron chi connectivity index (χ3n) is 7.06. The molecule has 5 rings (SSSR count). The van der Waals surface area contributed by atoms with Crippen LogP contribution in [0.2, 0.25) is 0 Å². The van der Waals surface area contributed by atoms with Gasteiger partial charge in [-0.2, -0.15) is 4.57 Å². The number of thioether (sulfide) groups is 1. The number of aromatic nitrogens is 2. The van der Waals surface area contributed by atoms with E-state index in [2.05, 4.69) is 20.3 Å². The van der Waals surface area contributed by atoms with Crippen LogP contribution < -0.4 is 20.7 Å². The average Bonchev–Trinajstić information content (AvgIpc) is 3.59. The van der Waals surface area contributed by atoms with Crippen LogP contribution in [0, 0.1) is 0 Å². The number of hydrogen-bond acceptors (Lipinski definition) is 13. The number of carboxylic acid groups (broad SMARTS) is 1. The van der Waals surface area contributed by atoms with E-state index in [0.29, 0.717) is 25.0 Å². The van der Waals surface area contributed by atoms with Crippen molar-refractivity contribution in [2.45, 2.75) is 37.3 Å².